The first kappa shape index (κ1) is 53.4. The fourth-order valence-electron chi connectivity index (χ4n) is 7.87. The normalized spacial score (nSPS) is 11.9. The molecule has 0 saturated carbocycles. The highest BCUT2D eigenvalue weighted by molar-refractivity contribution is 5.80. The molecule has 1 atom stereocenters. The van der Waals surface area contributed by atoms with E-state index in [2.05, 4.69) is 19.2 Å². The van der Waals surface area contributed by atoms with Crippen molar-refractivity contribution in [1.82, 2.24) is 5.32 Å². The minimum Gasteiger partial charge on any atom is -0.480 e. The number of amides is 1. The molecule has 55 heavy (non-hydrogen) atoms. The van der Waals surface area contributed by atoms with Crippen molar-refractivity contribution < 1.29 is 24.2 Å². The molecule has 0 aliphatic heterocycles. The summed E-state index contributed by atoms with van der Waals surface area (Å²) in [7, 11) is 0. The predicted molar refractivity (Wildman–Crippen MR) is 236 cm³/mol. The molecule has 0 fully saturated rings. The van der Waals surface area contributed by atoms with Gasteiger partial charge in [0.1, 0.15) is 12.6 Å². The van der Waals surface area contributed by atoms with E-state index in [1.54, 1.807) is 0 Å². The summed E-state index contributed by atoms with van der Waals surface area (Å²) in [5.41, 5.74) is 0. The third kappa shape index (κ3) is 45.0. The number of hydrogen-bond acceptors (Lipinski definition) is 4. The molecule has 0 aromatic carbocycles. The Bertz CT molecular complexity index is 817. The third-order valence-corrected chi connectivity index (χ3v) is 11.5. The molecule has 0 rings (SSSR count). The lowest BCUT2D eigenvalue weighted by atomic mass is 10.0. The summed E-state index contributed by atoms with van der Waals surface area (Å²) in [5, 5.41) is 11.1. The SMILES string of the molecule is CCCCCCCCCCCCCCCCCCCCC(=O)OC(CCCCCCCCCCCCCCCCC)CCCCCCCC(=O)NCC(=O)O. The molecule has 1 amide bonds. The van der Waals surface area contributed by atoms with Crippen molar-refractivity contribution in [2.45, 2.75) is 290 Å². The van der Waals surface area contributed by atoms with Crippen molar-refractivity contribution in [3.63, 3.8) is 0 Å². The fraction of sp³-hybridized carbons (Fsp3) is 0.939. The second-order valence-corrected chi connectivity index (χ2v) is 17.1. The predicted octanol–water partition coefficient (Wildman–Crippen LogP) is 15.5. The molecule has 0 aliphatic rings. The molecule has 0 aliphatic carbocycles. The van der Waals surface area contributed by atoms with Gasteiger partial charge < -0.3 is 15.2 Å². The van der Waals surface area contributed by atoms with Crippen LogP contribution in [0.3, 0.4) is 0 Å². The van der Waals surface area contributed by atoms with Crippen LogP contribution in [0.5, 0.6) is 0 Å². The van der Waals surface area contributed by atoms with Crippen LogP contribution in [0.25, 0.3) is 0 Å². The number of hydrogen-bond donors (Lipinski definition) is 2. The monoisotopic (exact) mass is 778 g/mol. The maximum absolute atomic E-state index is 12.8. The van der Waals surface area contributed by atoms with E-state index in [1.165, 1.54) is 193 Å². The lowest BCUT2D eigenvalue weighted by molar-refractivity contribution is -0.150. The number of carboxylic acids is 1. The zero-order valence-corrected chi connectivity index (χ0v) is 37.1. The quantitative estimate of drug-likeness (QED) is 0.0474. The summed E-state index contributed by atoms with van der Waals surface area (Å²) in [6.07, 6.45) is 52.4. The van der Waals surface area contributed by atoms with Crippen molar-refractivity contribution >= 4 is 17.8 Å². The molecule has 0 bridgehead atoms. The highest BCUT2D eigenvalue weighted by Crippen LogP contribution is 2.20. The van der Waals surface area contributed by atoms with Crippen LogP contribution in [0.4, 0.5) is 0 Å². The maximum Gasteiger partial charge on any atom is 0.322 e. The molecule has 0 saturated heterocycles. The lowest BCUT2D eigenvalue weighted by Crippen LogP contribution is -2.28. The van der Waals surface area contributed by atoms with E-state index in [0.29, 0.717) is 12.8 Å². The van der Waals surface area contributed by atoms with E-state index in [0.717, 1.165) is 64.2 Å². The standard InChI is InChI=1S/C49H95NO5/c1-3-5-7-9-11-13-15-17-19-20-21-23-25-27-29-31-36-40-44-49(54)55-46(42-38-34-32-35-39-43-47(51)50-45-48(52)53)41-37-33-30-28-26-24-22-18-16-14-12-10-8-6-4-2/h46H,3-45H2,1-2H3,(H,50,51)(H,52,53). The van der Waals surface area contributed by atoms with Crippen molar-refractivity contribution in [3.05, 3.63) is 0 Å². The molecule has 0 aromatic rings. The Morgan fingerprint density at radius 2 is 0.673 bits per heavy atom. The third-order valence-electron chi connectivity index (χ3n) is 11.5. The smallest absolute Gasteiger partial charge is 0.322 e. The van der Waals surface area contributed by atoms with Crippen LogP contribution in [0.2, 0.25) is 0 Å². The van der Waals surface area contributed by atoms with Crippen molar-refractivity contribution in [3.8, 4) is 0 Å². The number of esters is 1. The summed E-state index contributed by atoms with van der Waals surface area (Å²) in [4.78, 5) is 35.2. The number of unbranched alkanes of at least 4 members (excludes halogenated alkanes) is 35. The highest BCUT2D eigenvalue weighted by atomic mass is 16.5. The summed E-state index contributed by atoms with van der Waals surface area (Å²) in [5.74, 6) is -1.20. The number of ether oxygens (including phenoxy) is 1. The van der Waals surface area contributed by atoms with Crippen molar-refractivity contribution in [1.29, 1.82) is 0 Å². The van der Waals surface area contributed by atoms with Gasteiger partial charge in [-0.15, -0.1) is 0 Å². The Hall–Kier alpha value is -1.59. The summed E-state index contributed by atoms with van der Waals surface area (Å²) in [6, 6.07) is 0. The van der Waals surface area contributed by atoms with E-state index in [4.69, 9.17) is 9.84 Å². The van der Waals surface area contributed by atoms with Gasteiger partial charge in [0, 0.05) is 12.8 Å². The van der Waals surface area contributed by atoms with Gasteiger partial charge in [0.15, 0.2) is 0 Å². The number of carboxylic acid groups (broad SMARTS) is 1. The summed E-state index contributed by atoms with van der Waals surface area (Å²) < 4.78 is 6.07. The fourth-order valence-corrected chi connectivity index (χ4v) is 7.87. The van der Waals surface area contributed by atoms with Crippen LogP contribution >= 0.6 is 0 Å². The molecular formula is C49H95NO5. The van der Waals surface area contributed by atoms with Gasteiger partial charge in [0.05, 0.1) is 0 Å². The lowest BCUT2D eigenvalue weighted by Gasteiger charge is -2.18. The molecule has 6 heteroatoms. The molecule has 0 radical (unpaired) electrons. The van der Waals surface area contributed by atoms with E-state index >= 15 is 0 Å². The molecule has 326 valence electrons. The van der Waals surface area contributed by atoms with Crippen LogP contribution in [0.15, 0.2) is 0 Å². The minimum absolute atomic E-state index is 0.00479. The molecular weight excluding hydrogens is 683 g/mol. The van der Waals surface area contributed by atoms with E-state index in [9.17, 15) is 14.4 Å². The number of aliphatic carboxylic acids is 1. The van der Waals surface area contributed by atoms with Gasteiger partial charge in [-0.05, 0) is 38.5 Å². The largest absolute Gasteiger partial charge is 0.480 e. The van der Waals surface area contributed by atoms with Crippen LogP contribution in [-0.4, -0.2) is 35.6 Å². The Morgan fingerprint density at radius 1 is 0.400 bits per heavy atom. The number of carbonyl (C=O) groups is 3. The Balaban J connectivity index is 4.07. The van der Waals surface area contributed by atoms with Crippen LogP contribution in [0, 0.1) is 0 Å². The Morgan fingerprint density at radius 3 is 0.982 bits per heavy atom. The second kappa shape index (κ2) is 45.1. The molecule has 6 nitrogen and oxygen atoms in total. The molecule has 0 aromatic heterocycles. The summed E-state index contributed by atoms with van der Waals surface area (Å²) in [6.45, 7) is 4.27. The van der Waals surface area contributed by atoms with Crippen LogP contribution in [0.1, 0.15) is 284 Å². The molecule has 2 N–H and O–H groups in total. The molecule has 0 heterocycles. The van der Waals surface area contributed by atoms with Gasteiger partial charge in [0.25, 0.3) is 0 Å². The number of nitrogens with one attached hydrogen (secondary N) is 1. The first-order chi connectivity index (χ1) is 27.0. The first-order valence-electron chi connectivity index (χ1n) is 24.7. The van der Waals surface area contributed by atoms with Gasteiger partial charge in [0.2, 0.25) is 5.91 Å². The average molecular weight is 778 g/mol. The number of rotatable bonds is 46. The number of carbonyl (C=O) groups excluding carboxylic acids is 2. The maximum atomic E-state index is 12.8. The second-order valence-electron chi connectivity index (χ2n) is 17.1. The summed E-state index contributed by atoms with van der Waals surface area (Å²) >= 11 is 0. The highest BCUT2D eigenvalue weighted by Gasteiger charge is 2.14. The minimum atomic E-state index is -1.01. The Labute approximate surface area is 342 Å². The van der Waals surface area contributed by atoms with Gasteiger partial charge in [-0.2, -0.15) is 0 Å². The zero-order valence-electron chi connectivity index (χ0n) is 37.1. The average Bonchev–Trinajstić information content (AvgIpc) is 3.17. The molecule has 1 unspecified atom stereocenters. The van der Waals surface area contributed by atoms with Gasteiger partial charge in [-0.3, -0.25) is 14.4 Å². The topological polar surface area (TPSA) is 92.7 Å². The van der Waals surface area contributed by atoms with Gasteiger partial charge >= 0.3 is 11.9 Å². The zero-order chi connectivity index (χ0) is 40.1. The van der Waals surface area contributed by atoms with Crippen LogP contribution < -0.4 is 5.32 Å². The van der Waals surface area contributed by atoms with Crippen molar-refractivity contribution in [2.75, 3.05) is 6.54 Å². The van der Waals surface area contributed by atoms with Gasteiger partial charge in [-0.1, -0.05) is 232 Å². The van der Waals surface area contributed by atoms with E-state index < -0.39 is 5.97 Å². The van der Waals surface area contributed by atoms with Gasteiger partial charge in [-0.25, -0.2) is 0 Å². The first-order valence-corrected chi connectivity index (χ1v) is 24.7. The van der Waals surface area contributed by atoms with E-state index in [1.807, 2.05) is 0 Å². The molecule has 0 spiro atoms. The van der Waals surface area contributed by atoms with Crippen molar-refractivity contribution in [2.24, 2.45) is 0 Å². The van der Waals surface area contributed by atoms with Crippen LogP contribution in [-0.2, 0) is 19.1 Å². The Kier molecular flexibility index (Phi) is 43.8. The van der Waals surface area contributed by atoms with E-state index in [-0.39, 0.29) is 24.5 Å².